The van der Waals surface area contributed by atoms with Crippen LogP contribution in [0.2, 0.25) is 5.02 Å². The number of hydrogen-bond acceptors (Lipinski definition) is 4. The minimum absolute atomic E-state index is 0.127. The second kappa shape index (κ2) is 9.79. The van der Waals surface area contributed by atoms with E-state index in [-0.39, 0.29) is 11.9 Å². The van der Waals surface area contributed by atoms with Crippen molar-refractivity contribution in [1.29, 1.82) is 0 Å². The van der Waals surface area contributed by atoms with Crippen molar-refractivity contribution >= 4 is 23.2 Å². The number of aryl methyl sites for hydroxylation is 1. The van der Waals surface area contributed by atoms with Gasteiger partial charge in [-0.1, -0.05) is 24.6 Å². The molecule has 3 aromatic rings. The number of carbonyl (C=O) groups is 1. The van der Waals surface area contributed by atoms with Crippen LogP contribution in [0, 0.1) is 5.92 Å². The topological polar surface area (TPSA) is 52.8 Å². The van der Waals surface area contributed by atoms with Gasteiger partial charge in [0.15, 0.2) is 0 Å². The Morgan fingerprint density at radius 1 is 1.21 bits per heavy atom. The van der Waals surface area contributed by atoms with E-state index in [1.807, 2.05) is 44.3 Å². The molecular formula is C23H27ClN2O3. The molecule has 154 valence electrons. The van der Waals surface area contributed by atoms with Crippen LogP contribution < -0.4 is 4.74 Å². The molecule has 29 heavy (non-hydrogen) atoms. The highest BCUT2D eigenvalue weighted by atomic mass is 35.5. The number of carbonyl (C=O) groups excluding carboxylic acids is 1. The van der Waals surface area contributed by atoms with Crippen LogP contribution in [0.25, 0.3) is 16.9 Å². The van der Waals surface area contributed by atoms with Gasteiger partial charge in [-0.3, -0.25) is 9.20 Å². The summed E-state index contributed by atoms with van der Waals surface area (Å²) in [6.45, 7) is 6.89. The molecule has 0 fully saturated rings. The van der Waals surface area contributed by atoms with E-state index in [0.29, 0.717) is 24.7 Å². The van der Waals surface area contributed by atoms with Crippen molar-refractivity contribution in [2.24, 2.45) is 5.92 Å². The fourth-order valence-corrected chi connectivity index (χ4v) is 3.62. The lowest BCUT2D eigenvalue weighted by atomic mass is 9.99. The van der Waals surface area contributed by atoms with Crippen LogP contribution in [0.5, 0.6) is 5.75 Å². The first-order chi connectivity index (χ1) is 14.0. The summed E-state index contributed by atoms with van der Waals surface area (Å²) < 4.78 is 12.6. The van der Waals surface area contributed by atoms with Gasteiger partial charge in [0.2, 0.25) is 0 Å². The van der Waals surface area contributed by atoms with E-state index in [1.54, 1.807) is 0 Å². The van der Waals surface area contributed by atoms with E-state index in [0.717, 1.165) is 35.5 Å². The molecule has 5 nitrogen and oxygen atoms in total. The highest BCUT2D eigenvalue weighted by molar-refractivity contribution is 6.33. The third kappa shape index (κ3) is 5.30. The van der Waals surface area contributed by atoms with Gasteiger partial charge in [0.1, 0.15) is 11.4 Å². The average molecular weight is 415 g/mol. The third-order valence-corrected chi connectivity index (χ3v) is 5.15. The highest BCUT2D eigenvalue weighted by Gasteiger charge is 2.13. The minimum Gasteiger partial charge on any atom is -0.494 e. The Bertz CT molecular complexity index is 983. The lowest BCUT2D eigenvalue weighted by molar-refractivity contribution is -0.144. The molecule has 0 aliphatic carbocycles. The average Bonchev–Trinajstić information content (AvgIpc) is 3.10. The van der Waals surface area contributed by atoms with Gasteiger partial charge >= 0.3 is 5.97 Å². The molecule has 0 saturated carbocycles. The zero-order valence-electron chi connectivity index (χ0n) is 17.2. The van der Waals surface area contributed by atoms with Crippen LogP contribution in [0.3, 0.4) is 0 Å². The van der Waals surface area contributed by atoms with Crippen LogP contribution in [-0.2, 0) is 16.0 Å². The first-order valence-corrected chi connectivity index (χ1v) is 10.4. The molecule has 0 spiro atoms. The lowest BCUT2D eigenvalue weighted by Gasteiger charge is -2.11. The normalized spacial score (nSPS) is 12.1. The smallest absolute Gasteiger partial charge is 0.306 e. The summed E-state index contributed by atoms with van der Waals surface area (Å²) in [6.07, 6.45) is 6.18. The standard InChI is InChI=1S/C23H27ClN2O3/c1-4-28-18-9-10-19(20(24)13-18)21-14-25-22-11-8-17(15-26(21)22)7-6-16(3)12-23(27)29-5-2/h8-11,13-16H,4-7,12H2,1-3H3. The Morgan fingerprint density at radius 2 is 2.03 bits per heavy atom. The molecule has 0 N–H and O–H groups in total. The van der Waals surface area contributed by atoms with E-state index < -0.39 is 0 Å². The lowest BCUT2D eigenvalue weighted by Crippen LogP contribution is -2.10. The van der Waals surface area contributed by atoms with Crippen molar-refractivity contribution in [1.82, 2.24) is 9.38 Å². The molecule has 3 rings (SSSR count). The van der Waals surface area contributed by atoms with Crippen molar-refractivity contribution in [3.63, 3.8) is 0 Å². The quantitative estimate of drug-likeness (QED) is 0.429. The molecule has 0 saturated heterocycles. The Morgan fingerprint density at radius 3 is 2.76 bits per heavy atom. The molecule has 6 heteroatoms. The van der Waals surface area contributed by atoms with E-state index in [2.05, 4.69) is 28.6 Å². The Balaban J connectivity index is 1.77. The van der Waals surface area contributed by atoms with Crippen molar-refractivity contribution in [2.75, 3.05) is 13.2 Å². The number of benzene rings is 1. The van der Waals surface area contributed by atoms with E-state index in [1.165, 1.54) is 5.56 Å². The van der Waals surface area contributed by atoms with E-state index >= 15 is 0 Å². The van der Waals surface area contributed by atoms with Crippen molar-refractivity contribution in [2.45, 2.75) is 40.0 Å². The first kappa shape index (κ1) is 21.2. The summed E-state index contributed by atoms with van der Waals surface area (Å²) in [5, 5.41) is 0.631. The molecule has 1 aromatic carbocycles. The highest BCUT2D eigenvalue weighted by Crippen LogP contribution is 2.32. The number of pyridine rings is 1. The molecule has 0 bridgehead atoms. The summed E-state index contributed by atoms with van der Waals surface area (Å²) in [4.78, 5) is 16.2. The van der Waals surface area contributed by atoms with Gasteiger partial charge in [-0.2, -0.15) is 0 Å². The number of ether oxygens (including phenoxy) is 2. The van der Waals surface area contributed by atoms with Crippen LogP contribution in [0.15, 0.2) is 42.7 Å². The SMILES string of the molecule is CCOC(=O)CC(C)CCc1ccc2ncc(-c3ccc(OCC)cc3Cl)n2c1. The molecule has 2 heterocycles. The number of nitrogens with zero attached hydrogens (tertiary/aromatic N) is 2. The fourth-order valence-electron chi connectivity index (χ4n) is 3.35. The fraction of sp³-hybridized carbons (Fsp3) is 0.391. The number of imidazole rings is 1. The maximum atomic E-state index is 11.6. The second-order valence-corrected chi connectivity index (χ2v) is 7.54. The third-order valence-electron chi connectivity index (χ3n) is 4.84. The number of aromatic nitrogens is 2. The van der Waals surface area contributed by atoms with Gasteiger partial charge in [0.05, 0.1) is 30.1 Å². The summed E-state index contributed by atoms with van der Waals surface area (Å²) >= 11 is 6.51. The van der Waals surface area contributed by atoms with Gasteiger partial charge in [-0.25, -0.2) is 4.98 Å². The van der Waals surface area contributed by atoms with E-state index in [9.17, 15) is 4.79 Å². The maximum Gasteiger partial charge on any atom is 0.306 e. The molecule has 0 aliphatic heterocycles. The Kier molecular flexibility index (Phi) is 7.15. The number of fused-ring (bicyclic) bond motifs is 1. The Labute approximate surface area is 176 Å². The summed E-state index contributed by atoms with van der Waals surface area (Å²) in [5.74, 6) is 0.899. The van der Waals surface area contributed by atoms with E-state index in [4.69, 9.17) is 21.1 Å². The number of hydrogen-bond donors (Lipinski definition) is 0. The van der Waals surface area contributed by atoms with Gasteiger partial charge in [-0.05, 0) is 62.4 Å². The van der Waals surface area contributed by atoms with Crippen molar-refractivity contribution < 1.29 is 14.3 Å². The number of rotatable bonds is 9. The summed E-state index contributed by atoms with van der Waals surface area (Å²) in [5.41, 5.74) is 3.91. The number of halogens is 1. The molecular weight excluding hydrogens is 388 g/mol. The van der Waals surface area contributed by atoms with Gasteiger partial charge in [0, 0.05) is 18.2 Å². The minimum atomic E-state index is -0.127. The number of esters is 1. The van der Waals surface area contributed by atoms with Crippen LogP contribution in [0.4, 0.5) is 0 Å². The molecule has 0 aliphatic rings. The molecule has 0 radical (unpaired) electrons. The Hall–Kier alpha value is -2.53. The monoisotopic (exact) mass is 414 g/mol. The summed E-state index contributed by atoms with van der Waals surface area (Å²) in [6, 6.07) is 9.82. The van der Waals surface area contributed by atoms with Crippen LogP contribution >= 0.6 is 11.6 Å². The predicted molar refractivity (Wildman–Crippen MR) is 116 cm³/mol. The zero-order chi connectivity index (χ0) is 20.8. The van der Waals surface area contributed by atoms with Crippen LogP contribution in [0.1, 0.15) is 39.2 Å². The predicted octanol–water partition coefficient (Wildman–Crippen LogP) is 5.58. The van der Waals surface area contributed by atoms with Gasteiger partial charge < -0.3 is 9.47 Å². The molecule has 1 atom stereocenters. The van der Waals surface area contributed by atoms with Crippen molar-refractivity contribution in [3.05, 3.63) is 53.3 Å². The van der Waals surface area contributed by atoms with Crippen LogP contribution in [-0.4, -0.2) is 28.6 Å². The first-order valence-electron chi connectivity index (χ1n) is 10.1. The molecule has 2 aromatic heterocycles. The molecule has 1 unspecified atom stereocenters. The van der Waals surface area contributed by atoms with Gasteiger partial charge in [-0.15, -0.1) is 0 Å². The second-order valence-electron chi connectivity index (χ2n) is 7.14. The van der Waals surface area contributed by atoms with Crippen molar-refractivity contribution in [3.8, 4) is 17.0 Å². The maximum absolute atomic E-state index is 11.6. The van der Waals surface area contributed by atoms with Gasteiger partial charge in [0.25, 0.3) is 0 Å². The summed E-state index contributed by atoms with van der Waals surface area (Å²) in [7, 11) is 0. The largest absolute Gasteiger partial charge is 0.494 e. The zero-order valence-corrected chi connectivity index (χ0v) is 17.9. The molecule has 0 amide bonds.